The van der Waals surface area contributed by atoms with Crippen molar-refractivity contribution in [3.05, 3.63) is 42.4 Å². The van der Waals surface area contributed by atoms with Crippen molar-refractivity contribution in [3.8, 4) is 11.3 Å². The average Bonchev–Trinajstić information content (AvgIpc) is 3.18. The molecule has 4 heterocycles. The van der Waals surface area contributed by atoms with E-state index in [4.69, 9.17) is 5.73 Å². The molecule has 0 bridgehead atoms. The number of aromatic nitrogens is 3. The van der Waals surface area contributed by atoms with E-state index in [1.54, 1.807) is 18.6 Å². The van der Waals surface area contributed by atoms with Gasteiger partial charge in [0, 0.05) is 42.0 Å². The van der Waals surface area contributed by atoms with Crippen molar-refractivity contribution in [3.63, 3.8) is 0 Å². The molecule has 1 spiro atoms. The quantitative estimate of drug-likeness (QED) is 0.650. The van der Waals surface area contributed by atoms with Crippen molar-refractivity contribution < 1.29 is 4.79 Å². The fraction of sp³-hybridized carbons (Fsp3) is 0.333. The predicted octanol–water partition coefficient (Wildman–Crippen LogP) is 2.52. The number of carbonyl (C=O) groups is 1. The summed E-state index contributed by atoms with van der Waals surface area (Å²) in [7, 11) is 0. The molecule has 1 aliphatic carbocycles. The fourth-order valence-corrected chi connectivity index (χ4v) is 4.28. The van der Waals surface area contributed by atoms with Crippen molar-refractivity contribution in [1.29, 1.82) is 0 Å². The molecule has 1 amide bonds. The van der Waals surface area contributed by atoms with Gasteiger partial charge in [-0.3, -0.25) is 9.78 Å². The van der Waals surface area contributed by atoms with E-state index in [1.165, 1.54) is 0 Å². The van der Waals surface area contributed by atoms with Gasteiger partial charge in [-0.05, 0) is 60.9 Å². The van der Waals surface area contributed by atoms with Crippen LogP contribution >= 0.6 is 0 Å². The third kappa shape index (κ3) is 2.79. The Morgan fingerprint density at radius 1 is 1.36 bits per heavy atom. The van der Waals surface area contributed by atoms with Crippen molar-refractivity contribution in [2.24, 2.45) is 11.3 Å². The minimum Gasteiger partial charge on any atom is -0.383 e. The summed E-state index contributed by atoms with van der Waals surface area (Å²) in [4.78, 5) is 25.7. The number of pyridine rings is 3. The monoisotopic (exact) mass is 374 g/mol. The van der Waals surface area contributed by atoms with Crippen LogP contribution in [0.2, 0.25) is 0 Å². The average molecular weight is 374 g/mol. The van der Waals surface area contributed by atoms with Crippen LogP contribution in [-0.4, -0.2) is 33.9 Å². The molecule has 2 atom stereocenters. The minimum absolute atomic E-state index is 0.0564. The summed E-state index contributed by atoms with van der Waals surface area (Å²) in [5, 5.41) is 8.01. The van der Waals surface area contributed by atoms with Gasteiger partial charge in [0.05, 0.1) is 5.69 Å². The van der Waals surface area contributed by atoms with E-state index in [2.05, 4.69) is 25.6 Å². The second-order valence-electron chi connectivity index (χ2n) is 7.91. The predicted molar refractivity (Wildman–Crippen MR) is 109 cm³/mol. The minimum atomic E-state index is 0.0564. The number of fused-ring (bicyclic) bond motifs is 1. The molecule has 0 radical (unpaired) electrons. The standard InChI is InChI=1S/C21H22N6O/c1-12-2-4-23-9-14(12)17-6-13-7-18(25-10-15(13)19(22)26-17)27-20(28)16-8-21(16)3-5-24-11-21/h2,4,6-7,9-10,16,24H,3,5,8,11H2,1H3,(H2,22,26)(H,25,27,28). The highest BCUT2D eigenvalue weighted by atomic mass is 16.2. The summed E-state index contributed by atoms with van der Waals surface area (Å²) in [6, 6.07) is 5.77. The van der Waals surface area contributed by atoms with Gasteiger partial charge in [-0.25, -0.2) is 9.97 Å². The number of nitrogens with two attached hydrogens (primary N) is 1. The molecule has 142 valence electrons. The molecule has 7 heteroatoms. The highest BCUT2D eigenvalue weighted by Crippen LogP contribution is 2.56. The molecule has 1 aliphatic heterocycles. The highest BCUT2D eigenvalue weighted by molar-refractivity contribution is 5.98. The first kappa shape index (κ1) is 17.1. The van der Waals surface area contributed by atoms with E-state index in [1.807, 2.05) is 25.1 Å². The lowest BCUT2D eigenvalue weighted by atomic mass is 10.0. The molecular weight excluding hydrogens is 352 g/mol. The van der Waals surface area contributed by atoms with E-state index in [-0.39, 0.29) is 17.2 Å². The molecule has 3 aromatic rings. The number of rotatable bonds is 3. The third-order valence-electron chi connectivity index (χ3n) is 6.09. The number of carbonyl (C=O) groups excluding carboxylic acids is 1. The van der Waals surface area contributed by atoms with Crippen LogP contribution in [0, 0.1) is 18.3 Å². The summed E-state index contributed by atoms with van der Waals surface area (Å²) in [5.41, 5.74) is 9.11. The normalized spacial score (nSPS) is 23.2. The fourth-order valence-electron chi connectivity index (χ4n) is 4.28. The van der Waals surface area contributed by atoms with Crippen LogP contribution in [0.4, 0.5) is 11.6 Å². The Morgan fingerprint density at radius 3 is 3.04 bits per heavy atom. The molecule has 0 aromatic carbocycles. The van der Waals surface area contributed by atoms with Crippen LogP contribution in [0.3, 0.4) is 0 Å². The maximum absolute atomic E-state index is 12.6. The number of nitrogens with zero attached hydrogens (tertiary/aromatic N) is 3. The SMILES string of the molecule is Cc1ccncc1-c1cc2cc(NC(=O)C3CC34CCNC4)ncc2c(N)n1. The van der Waals surface area contributed by atoms with Gasteiger partial charge in [0.2, 0.25) is 5.91 Å². The van der Waals surface area contributed by atoms with Gasteiger partial charge in [0.1, 0.15) is 11.6 Å². The maximum Gasteiger partial charge on any atom is 0.229 e. The first-order valence-electron chi connectivity index (χ1n) is 9.55. The number of hydrogen-bond acceptors (Lipinski definition) is 6. The lowest BCUT2D eigenvalue weighted by molar-refractivity contribution is -0.118. The first-order chi connectivity index (χ1) is 13.6. The summed E-state index contributed by atoms with van der Waals surface area (Å²) in [5.74, 6) is 1.10. The third-order valence-corrected chi connectivity index (χ3v) is 6.09. The Kier molecular flexibility index (Phi) is 3.80. The van der Waals surface area contributed by atoms with Gasteiger partial charge in [0.25, 0.3) is 0 Å². The lowest BCUT2D eigenvalue weighted by Gasteiger charge is -2.11. The van der Waals surface area contributed by atoms with Gasteiger partial charge < -0.3 is 16.4 Å². The number of aryl methyl sites for hydroxylation is 1. The van der Waals surface area contributed by atoms with Gasteiger partial charge in [0.15, 0.2) is 0 Å². The molecular formula is C21H22N6O. The summed E-state index contributed by atoms with van der Waals surface area (Å²) >= 11 is 0. The van der Waals surface area contributed by atoms with E-state index < -0.39 is 0 Å². The van der Waals surface area contributed by atoms with E-state index in [0.29, 0.717) is 11.6 Å². The number of hydrogen-bond donors (Lipinski definition) is 3. The number of nitrogens with one attached hydrogen (secondary N) is 2. The van der Waals surface area contributed by atoms with Crippen LogP contribution in [0.5, 0.6) is 0 Å². The van der Waals surface area contributed by atoms with Crippen LogP contribution < -0.4 is 16.4 Å². The topological polar surface area (TPSA) is 106 Å². The maximum atomic E-state index is 12.6. The van der Waals surface area contributed by atoms with E-state index >= 15 is 0 Å². The van der Waals surface area contributed by atoms with Crippen LogP contribution in [-0.2, 0) is 4.79 Å². The Balaban J connectivity index is 1.45. The molecule has 4 N–H and O–H groups in total. The molecule has 7 nitrogen and oxygen atoms in total. The number of amides is 1. The molecule has 3 aromatic heterocycles. The van der Waals surface area contributed by atoms with Crippen LogP contribution in [0.25, 0.3) is 22.0 Å². The van der Waals surface area contributed by atoms with Crippen molar-refractivity contribution in [1.82, 2.24) is 20.3 Å². The summed E-state index contributed by atoms with van der Waals surface area (Å²) in [6.07, 6.45) is 7.25. The highest BCUT2D eigenvalue weighted by Gasteiger charge is 2.58. The Labute approximate surface area is 162 Å². The smallest absolute Gasteiger partial charge is 0.229 e. The summed E-state index contributed by atoms with van der Waals surface area (Å²) < 4.78 is 0. The number of nitrogen functional groups attached to an aromatic ring is 1. The molecule has 2 unspecified atom stereocenters. The van der Waals surface area contributed by atoms with Gasteiger partial charge in [-0.2, -0.15) is 0 Å². The molecule has 2 aliphatic rings. The molecule has 28 heavy (non-hydrogen) atoms. The van der Waals surface area contributed by atoms with Crippen molar-refractivity contribution in [2.45, 2.75) is 19.8 Å². The largest absolute Gasteiger partial charge is 0.383 e. The molecule has 1 saturated heterocycles. The second-order valence-corrected chi connectivity index (χ2v) is 7.91. The second kappa shape index (κ2) is 6.24. The van der Waals surface area contributed by atoms with Gasteiger partial charge >= 0.3 is 0 Å². The zero-order valence-electron chi connectivity index (χ0n) is 15.7. The first-order valence-corrected chi connectivity index (χ1v) is 9.55. The van der Waals surface area contributed by atoms with Crippen LogP contribution in [0.1, 0.15) is 18.4 Å². The number of anilines is 2. The zero-order valence-corrected chi connectivity index (χ0v) is 15.7. The Morgan fingerprint density at radius 2 is 2.25 bits per heavy atom. The van der Waals surface area contributed by atoms with Crippen LogP contribution in [0.15, 0.2) is 36.8 Å². The molecule has 2 fully saturated rings. The Hall–Kier alpha value is -3.06. The van der Waals surface area contributed by atoms with Gasteiger partial charge in [-0.15, -0.1) is 0 Å². The molecule has 5 rings (SSSR count). The van der Waals surface area contributed by atoms with E-state index in [0.717, 1.165) is 53.5 Å². The van der Waals surface area contributed by atoms with Gasteiger partial charge in [-0.1, -0.05) is 0 Å². The summed E-state index contributed by atoms with van der Waals surface area (Å²) in [6.45, 7) is 3.95. The van der Waals surface area contributed by atoms with E-state index in [9.17, 15) is 4.79 Å². The van der Waals surface area contributed by atoms with Crippen molar-refractivity contribution >= 4 is 28.3 Å². The van der Waals surface area contributed by atoms with Crippen molar-refractivity contribution in [2.75, 3.05) is 24.1 Å². The Bertz CT molecular complexity index is 1090. The lowest BCUT2D eigenvalue weighted by Crippen LogP contribution is -2.20. The molecule has 1 saturated carbocycles. The zero-order chi connectivity index (χ0) is 19.3.